The van der Waals surface area contributed by atoms with E-state index >= 15 is 0 Å². The summed E-state index contributed by atoms with van der Waals surface area (Å²) in [7, 11) is 1.62. The Hall–Kier alpha value is -2.80. The van der Waals surface area contributed by atoms with Crippen molar-refractivity contribution in [3.05, 3.63) is 48.2 Å². The first-order valence-electron chi connectivity index (χ1n) is 8.88. The fraction of sp³-hybridized carbons (Fsp3) is 0.250. The van der Waals surface area contributed by atoms with Crippen LogP contribution >= 0.6 is 11.8 Å². The van der Waals surface area contributed by atoms with E-state index in [0.29, 0.717) is 22.2 Å². The van der Waals surface area contributed by atoms with Gasteiger partial charge in [-0.05, 0) is 49.2 Å². The summed E-state index contributed by atoms with van der Waals surface area (Å²) in [4.78, 5) is 11.9. The number of nitrogens with one attached hydrogen (secondary N) is 2. The van der Waals surface area contributed by atoms with E-state index in [2.05, 4.69) is 15.0 Å². The molecule has 2 aromatic heterocycles. The monoisotopic (exact) mass is 379 g/mol. The third kappa shape index (κ3) is 3.68. The van der Waals surface area contributed by atoms with E-state index < -0.39 is 0 Å². The minimum Gasteiger partial charge on any atom is -0.474 e. The molecule has 0 saturated heterocycles. The van der Waals surface area contributed by atoms with Gasteiger partial charge in [0.25, 0.3) is 0 Å². The predicted octanol–water partition coefficient (Wildman–Crippen LogP) is 4.16. The number of benzene rings is 1. The highest BCUT2D eigenvalue weighted by Gasteiger charge is 2.20. The van der Waals surface area contributed by atoms with Crippen LogP contribution in [0.25, 0.3) is 22.2 Å². The highest BCUT2D eigenvalue weighted by atomic mass is 32.2. The van der Waals surface area contributed by atoms with Gasteiger partial charge >= 0.3 is 0 Å². The van der Waals surface area contributed by atoms with Crippen LogP contribution in [0.1, 0.15) is 24.8 Å². The van der Waals surface area contributed by atoms with Gasteiger partial charge in [-0.3, -0.25) is 10.4 Å². The number of aromatic amines is 1. The molecule has 0 radical (unpaired) electrons. The number of amidine groups is 1. The predicted molar refractivity (Wildman–Crippen MR) is 112 cm³/mol. The standard InChI is InChI=1S/C20H21N5OS/c1-23-20(22)27-19(21)12-8-9-16-14(10-12)15(11-24-16)17-6-3-7-18(25-17)26-13-4-2-5-13/h3,6-11,13,21,24H,2,4-5H2,1H3,(H2,22,23). The molecular weight excluding hydrogens is 358 g/mol. The quantitative estimate of drug-likeness (QED) is 0.468. The molecule has 7 heteroatoms. The van der Waals surface area contributed by atoms with Crippen molar-refractivity contribution in [1.29, 1.82) is 5.41 Å². The number of thioether (sulfide) groups is 1. The molecule has 1 fully saturated rings. The second kappa shape index (κ2) is 7.44. The maximum Gasteiger partial charge on any atom is 0.214 e. The molecule has 4 rings (SSSR count). The van der Waals surface area contributed by atoms with Crippen molar-refractivity contribution in [2.24, 2.45) is 10.7 Å². The topological polar surface area (TPSA) is 100 Å². The minimum atomic E-state index is 0.297. The molecule has 2 heterocycles. The molecule has 6 nitrogen and oxygen atoms in total. The zero-order valence-electron chi connectivity index (χ0n) is 15.0. The summed E-state index contributed by atoms with van der Waals surface area (Å²) in [5, 5.41) is 10.0. The van der Waals surface area contributed by atoms with E-state index in [9.17, 15) is 0 Å². The van der Waals surface area contributed by atoms with Crippen LogP contribution in [0.4, 0.5) is 0 Å². The number of nitrogens with zero attached hydrogens (tertiary/aromatic N) is 2. The van der Waals surface area contributed by atoms with Crippen molar-refractivity contribution in [3.8, 4) is 17.1 Å². The number of hydrogen-bond donors (Lipinski definition) is 3. The van der Waals surface area contributed by atoms with Crippen LogP contribution in [-0.2, 0) is 0 Å². The molecule has 0 bridgehead atoms. The molecule has 0 spiro atoms. The fourth-order valence-electron chi connectivity index (χ4n) is 2.97. The number of fused-ring (bicyclic) bond motifs is 1. The molecule has 0 aliphatic heterocycles. The average molecular weight is 379 g/mol. The Balaban J connectivity index is 1.66. The second-order valence-corrected chi connectivity index (χ2v) is 7.52. The lowest BCUT2D eigenvalue weighted by Gasteiger charge is -2.25. The minimum absolute atomic E-state index is 0.297. The van der Waals surface area contributed by atoms with E-state index in [4.69, 9.17) is 15.9 Å². The number of H-pyrrole nitrogens is 1. The van der Waals surface area contributed by atoms with E-state index in [0.717, 1.165) is 52.3 Å². The van der Waals surface area contributed by atoms with Crippen LogP contribution in [0.3, 0.4) is 0 Å². The second-order valence-electron chi connectivity index (χ2n) is 6.49. The number of pyridine rings is 1. The maximum atomic E-state index is 8.26. The van der Waals surface area contributed by atoms with Gasteiger partial charge in [0, 0.05) is 41.3 Å². The Bertz CT molecular complexity index is 1020. The summed E-state index contributed by atoms with van der Waals surface area (Å²) < 4.78 is 5.93. The first-order valence-corrected chi connectivity index (χ1v) is 9.70. The molecule has 0 amide bonds. The van der Waals surface area contributed by atoms with Crippen molar-refractivity contribution in [1.82, 2.24) is 9.97 Å². The van der Waals surface area contributed by atoms with Crippen LogP contribution in [-0.4, -0.2) is 33.3 Å². The Labute approximate surface area is 161 Å². The van der Waals surface area contributed by atoms with Gasteiger partial charge in [-0.1, -0.05) is 12.1 Å². The van der Waals surface area contributed by atoms with Gasteiger partial charge in [-0.25, -0.2) is 4.98 Å². The largest absolute Gasteiger partial charge is 0.474 e. The number of aromatic nitrogens is 2. The van der Waals surface area contributed by atoms with Crippen LogP contribution in [0.2, 0.25) is 0 Å². The van der Waals surface area contributed by atoms with Crippen LogP contribution < -0.4 is 10.5 Å². The number of aliphatic imine (C=N–C) groups is 1. The first kappa shape index (κ1) is 17.6. The van der Waals surface area contributed by atoms with Crippen molar-refractivity contribution in [2.45, 2.75) is 25.4 Å². The Morgan fingerprint density at radius 3 is 2.93 bits per heavy atom. The molecule has 1 aliphatic carbocycles. The van der Waals surface area contributed by atoms with Gasteiger partial charge in [-0.2, -0.15) is 0 Å². The van der Waals surface area contributed by atoms with Gasteiger partial charge in [0.05, 0.1) is 5.69 Å². The Kier molecular flexibility index (Phi) is 4.85. The number of rotatable bonds is 4. The fourth-order valence-corrected chi connectivity index (χ4v) is 3.52. The summed E-state index contributed by atoms with van der Waals surface area (Å²) in [6.45, 7) is 0. The molecule has 27 heavy (non-hydrogen) atoms. The zero-order chi connectivity index (χ0) is 18.8. The van der Waals surface area contributed by atoms with Crippen LogP contribution in [0, 0.1) is 5.41 Å². The van der Waals surface area contributed by atoms with Crippen molar-refractivity contribution >= 4 is 32.9 Å². The van der Waals surface area contributed by atoms with Crippen molar-refractivity contribution < 1.29 is 4.74 Å². The molecule has 0 unspecified atom stereocenters. The maximum absolute atomic E-state index is 8.26. The van der Waals surface area contributed by atoms with Gasteiger partial charge < -0.3 is 15.5 Å². The highest BCUT2D eigenvalue weighted by Crippen LogP contribution is 2.31. The van der Waals surface area contributed by atoms with Crippen molar-refractivity contribution in [3.63, 3.8) is 0 Å². The smallest absolute Gasteiger partial charge is 0.214 e. The molecule has 1 aliphatic rings. The Morgan fingerprint density at radius 2 is 2.19 bits per heavy atom. The van der Waals surface area contributed by atoms with E-state index in [1.165, 1.54) is 6.42 Å². The molecule has 138 valence electrons. The molecule has 0 atom stereocenters. The third-order valence-electron chi connectivity index (χ3n) is 4.71. The SMILES string of the molecule is CN=C(N)SC(=N)c1ccc2[nH]cc(-c3cccc(OC4CCC4)n3)c2c1. The molecule has 1 saturated carbocycles. The van der Waals surface area contributed by atoms with E-state index in [1.54, 1.807) is 7.05 Å². The summed E-state index contributed by atoms with van der Waals surface area (Å²) in [5.74, 6) is 0.665. The lowest BCUT2D eigenvalue weighted by molar-refractivity contribution is 0.115. The van der Waals surface area contributed by atoms with Gasteiger partial charge in [0.15, 0.2) is 5.17 Å². The van der Waals surface area contributed by atoms with Crippen molar-refractivity contribution in [2.75, 3.05) is 7.05 Å². The number of ether oxygens (including phenoxy) is 1. The van der Waals surface area contributed by atoms with Crippen LogP contribution in [0.15, 0.2) is 47.6 Å². The summed E-state index contributed by atoms with van der Waals surface area (Å²) in [6, 6.07) is 11.7. The molecule has 3 aromatic rings. The van der Waals surface area contributed by atoms with Gasteiger partial charge in [-0.15, -0.1) is 0 Å². The van der Waals surface area contributed by atoms with E-state index in [1.807, 2.05) is 42.6 Å². The summed E-state index contributed by atoms with van der Waals surface area (Å²) in [6.07, 6.45) is 5.68. The normalized spacial score (nSPS) is 14.9. The highest BCUT2D eigenvalue weighted by molar-refractivity contribution is 8.26. The molecule has 1 aromatic carbocycles. The van der Waals surface area contributed by atoms with Gasteiger partial charge in [0.2, 0.25) is 5.88 Å². The summed E-state index contributed by atoms with van der Waals surface area (Å²) >= 11 is 1.15. The lowest BCUT2D eigenvalue weighted by atomic mass is 9.96. The molecular formula is C20H21N5OS. The summed E-state index contributed by atoms with van der Waals surface area (Å²) in [5.41, 5.74) is 9.37. The first-order chi connectivity index (χ1) is 13.1. The Morgan fingerprint density at radius 1 is 1.33 bits per heavy atom. The zero-order valence-corrected chi connectivity index (χ0v) is 15.8. The average Bonchev–Trinajstić information content (AvgIpc) is 3.08. The third-order valence-corrected chi connectivity index (χ3v) is 5.54. The molecule has 4 N–H and O–H groups in total. The van der Waals surface area contributed by atoms with E-state index in [-0.39, 0.29) is 0 Å². The number of nitrogens with two attached hydrogens (primary N) is 1. The van der Waals surface area contributed by atoms with Gasteiger partial charge in [0.1, 0.15) is 11.1 Å². The van der Waals surface area contributed by atoms with Crippen LogP contribution in [0.5, 0.6) is 5.88 Å². The number of hydrogen-bond acceptors (Lipinski definition) is 5. The lowest BCUT2D eigenvalue weighted by Crippen LogP contribution is -2.24.